The lowest BCUT2D eigenvalue weighted by Crippen LogP contribution is -2.51. The standard InChI is InChI=1S/C14H21BrN4O/c1-10-3-2-6-19(12(10)7-16)9-14(20)18-13-5-4-11(15)8-17-13/h4-5,8,10,12H,2-3,6-7,9,16H2,1H3,(H,17,18,20). The van der Waals surface area contributed by atoms with Gasteiger partial charge in [-0.1, -0.05) is 6.92 Å². The van der Waals surface area contributed by atoms with E-state index in [-0.39, 0.29) is 5.91 Å². The fourth-order valence-electron chi connectivity index (χ4n) is 2.73. The van der Waals surface area contributed by atoms with Crippen LogP contribution in [-0.2, 0) is 4.79 Å². The average Bonchev–Trinajstić information content (AvgIpc) is 2.42. The van der Waals surface area contributed by atoms with Crippen LogP contribution in [0, 0.1) is 5.92 Å². The Morgan fingerprint density at radius 1 is 1.60 bits per heavy atom. The molecular formula is C14H21BrN4O. The summed E-state index contributed by atoms with van der Waals surface area (Å²) in [5.41, 5.74) is 5.84. The van der Waals surface area contributed by atoms with E-state index < -0.39 is 0 Å². The van der Waals surface area contributed by atoms with Crippen LogP contribution in [-0.4, -0.2) is 41.5 Å². The van der Waals surface area contributed by atoms with E-state index in [4.69, 9.17) is 5.73 Å². The molecule has 2 atom stereocenters. The van der Waals surface area contributed by atoms with Gasteiger partial charge in [0.15, 0.2) is 0 Å². The summed E-state index contributed by atoms with van der Waals surface area (Å²) in [4.78, 5) is 18.4. The predicted molar refractivity (Wildman–Crippen MR) is 83.4 cm³/mol. The second-order valence-electron chi connectivity index (χ2n) is 5.30. The number of anilines is 1. The fraction of sp³-hybridized carbons (Fsp3) is 0.571. The summed E-state index contributed by atoms with van der Waals surface area (Å²) in [5.74, 6) is 1.09. The van der Waals surface area contributed by atoms with E-state index >= 15 is 0 Å². The number of pyridine rings is 1. The SMILES string of the molecule is CC1CCCN(CC(=O)Nc2ccc(Br)cn2)C1CN. The van der Waals surface area contributed by atoms with Crippen LogP contribution in [0.15, 0.2) is 22.8 Å². The van der Waals surface area contributed by atoms with Gasteiger partial charge >= 0.3 is 0 Å². The smallest absolute Gasteiger partial charge is 0.239 e. The topological polar surface area (TPSA) is 71.2 Å². The van der Waals surface area contributed by atoms with Crippen molar-refractivity contribution in [3.8, 4) is 0 Å². The van der Waals surface area contributed by atoms with Gasteiger partial charge in [0.1, 0.15) is 5.82 Å². The Morgan fingerprint density at radius 2 is 2.40 bits per heavy atom. The number of hydrogen-bond acceptors (Lipinski definition) is 4. The molecule has 0 aliphatic carbocycles. The van der Waals surface area contributed by atoms with Crippen LogP contribution < -0.4 is 11.1 Å². The molecule has 0 aromatic carbocycles. The highest BCUT2D eigenvalue weighted by molar-refractivity contribution is 9.10. The molecule has 1 aromatic heterocycles. The first-order chi connectivity index (χ1) is 9.60. The normalized spacial score (nSPS) is 23.6. The fourth-order valence-corrected chi connectivity index (χ4v) is 2.96. The second-order valence-corrected chi connectivity index (χ2v) is 6.22. The third kappa shape index (κ3) is 4.01. The number of nitrogens with zero attached hydrogens (tertiary/aromatic N) is 2. The molecule has 2 unspecified atom stereocenters. The summed E-state index contributed by atoms with van der Waals surface area (Å²) in [6.45, 7) is 4.13. The monoisotopic (exact) mass is 340 g/mol. The Hall–Kier alpha value is -0.980. The highest BCUT2D eigenvalue weighted by Gasteiger charge is 2.28. The maximum Gasteiger partial charge on any atom is 0.239 e. The number of piperidine rings is 1. The first-order valence-electron chi connectivity index (χ1n) is 6.95. The summed E-state index contributed by atoms with van der Waals surface area (Å²) < 4.78 is 0.892. The van der Waals surface area contributed by atoms with Crippen molar-refractivity contribution in [3.63, 3.8) is 0 Å². The van der Waals surface area contributed by atoms with E-state index in [2.05, 4.69) is 38.1 Å². The van der Waals surface area contributed by atoms with Gasteiger partial charge in [-0.3, -0.25) is 9.69 Å². The molecule has 0 saturated carbocycles. The predicted octanol–water partition coefficient (Wildman–Crippen LogP) is 1.84. The molecule has 2 rings (SSSR count). The molecule has 3 N–H and O–H groups in total. The van der Waals surface area contributed by atoms with Gasteiger partial charge in [0.2, 0.25) is 5.91 Å². The van der Waals surface area contributed by atoms with E-state index in [0.717, 1.165) is 17.4 Å². The van der Waals surface area contributed by atoms with Gasteiger partial charge in [0.25, 0.3) is 0 Å². The number of amides is 1. The summed E-state index contributed by atoms with van der Waals surface area (Å²) in [6.07, 6.45) is 3.98. The van der Waals surface area contributed by atoms with Gasteiger partial charge in [0.05, 0.1) is 6.54 Å². The Kier molecular flexibility index (Phi) is 5.51. The van der Waals surface area contributed by atoms with Crippen molar-refractivity contribution < 1.29 is 4.79 Å². The molecule has 1 amide bonds. The maximum absolute atomic E-state index is 12.1. The number of rotatable bonds is 4. The molecule has 1 fully saturated rings. The number of nitrogens with two attached hydrogens (primary N) is 1. The van der Waals surface area contributed by atoms with Crippen molar-refractivity contribution in [2.75, 3.05) is 25.0 Å². The van der Waals surface area contributed by atoms with E-state index in [1.807, 2.05) is 6.07 Å². The molecule has 0 bridgehead atoms. The van der Waals surface area contributed by atoms with E-state index in [9.17, 15) is 4.79 Å². The van der Waals surface area contributed by atoms with Crippen LogP contribution in [0.1, 0.15) is 19.8 Å². The number of likely N-dealkylation sites (tertiary alicyclic amines) is 1. The van der Waals surface area contributed by atoms with Gasteiger partial charge in [-0.25, -0.2) is 4.98 Å². The number of hydrogen-bond donors (Lipinski definition) is 2. The number of carbonyl (C=O) groups excluding carboxylic acids is 1. The number of carbonyl (C=O) groups is 1. The highest BCUT2D eigenvalue weighted by Crippen LogP contribution is 2.22. The van der Waals surface area contributed by atoms with Crippen LogP contribution in [0.4, 0.5) is 5.82 Å². The molecule has 0 spiro atoms. The van der Waals surface area contributed by atoms with E-state index in [1.54, 1.807) is 12.3 Å². The number of halogens is 1. The Bertz CT molecular complexity index is 451. The Morgan fingerprint density at radius 3 is 3.05 bits per heavy atom. The molecular weight excluding hydrogens is 320 g/mol. The zero-order valence-corrected chi connectivity index (χ0v) is 13.3. The van der Waals surface area contributed by atoms with Crippen LogP contribution in [0.5, 0.6) is 0 Å². The largest absolute Gasteiger partial charge is 0.329 e. The second kappa shape index (κ2) is 7.15. The van der Waals surface area contributed by atoms with E-state index in [0.29, 0.717) is 30.9 Å². The Balaban J connectivity index is 1.91. The van der Waals surface area contributed by atoms with Gasteiger partial charge in [-0.05, 0) is 53.4 Å². The molecule has 6 heteroatoms. The van der Waals surface area contributed by atoms with Crippen molar-refractivity contribution in [1.29, 1.82) is 0 Å². The van der Waals surface area contributed by atoms with Crippen molar-refractivity contribution in [1.82, 2.24) is 9.88 Å². The quantitative estimate of drug-likeness (QED) is 0.877. The van der Waals surface area contributed by atoms with Crippen LogP contribution >= 0.6 is 15.9 Å². The molecule has 1 aromatic rings. The van der Waals surface area contributed by atoms with Crippen molar-refractivity contribution in [2.24, 2.45) is 11.7 Å². The van der Waals surface area contributed by atoms with Gasteiger partial charge in [-0.15, -0.1) is 0 Å². The summed E-state index contributed by atoms with van der Waals surface area (Å²) in [7, 11) is 0. The molecule has 1 saturated heterocycles. The molecule has 1 aliphatic heterocycles. The minimum Gasteiger partial charge on any atom is -0.329 e. The first-order valence-corrected chi connectivity index (χ1v) is 7.75. The molecule has 1 aliphatic rings. The summed E-state index contributed by atoms with van der Waals surface area (Å²) >= 11 is 3.32. The molecule has 20 heavy (non-hydrogen) atoms. The number of aromatic nitrogens is 1. The molecule has 110 valence electrons. The first kappa shape index (κ1) is 15.4. The lowest BCUT2D eigenvalue weighted by molar-refractivity contribution is -0.118. The average molecular weight is 341 g/mol. The molecule has 0 radical (unpaired) electrons. The zero-order chi connectivity index (χ0) is 14.5. The maximum atomic E-state index is 12.1. The van der Waals surface area contributed by atoms with Crippen LogP contribution in [0.2, 0.25) is 0 Å². The van der Waals surface area contributed by atoms with Gasteiger partial charge < -0.3 is 11.1 Å². The third-order valence-electron chi connectivity index (χ3n) is 3.81. The molecule has 5 nitrogen and oxygen atoms in total. The van der Waals surface area contributed by atoms with Crippen LogP contribution in [0.25, 0.3) is 0 Å². The van der Waals surface area contributed by atoms with Crippen molar-refractivity contribution >= 4 is 27.7 Å². The highest BCUT2D eigenvalue weighted by atomic mass is 79.9. The van der Waals surface area contributed by atoms with Crippen molar-refractivity contribution in [3.05, 3.63) is 22.8 Å². The lowest BCUT2D eigenvalue weighted by atomic mass is 9.91. The minimum atomic E-state index is -0.0348. The lowest BCUT2D eigenvalue weighted by Gasteiger charge is -2.38. The minimum absolute atomic E-state index is 0.0348. The van der Waals surface area contributed by atoms with Crippen molar-refractivity contribution in [2.45, 2.75) is 25.8 Å². The summed E-state index contributed by atoms with van der Waals surface area (Å²) in [6, 6.07) is 3.93. The van der Waals surface area contributed by atoms with E-state index in [1.165, 1.54) is 6.42 Å². The van der Waals surface area contributed by atoms with Gasteiger partial charge in [0, 0.05) is 23.3 Å². The Labute approximate surface area is 128 Å². The zero-order valence-electron chi connectivity index (χ0n) is 11.7. The van der Waals surface area contributed by atoms with Gasteiger partial charge in [-0.2, -0.15) is 0 Å². The van der Waals surface area contributed by atoms with Crippen LogP contribution in [0.3, 0.4) is 0 Å². The summed E-state index contributed by atoms with van der Waals surface area (Å²) in [5, 5.41) is 2.82. The number of nitrogens with one attached hydrogen (secondary N) is 1. The molecule has 2 heterocycles. The third-order valence-corrected chi connectivity index (χ3v) is 4.28.